The number of nitrogens with zero attached hydrogens (tertiary/aromatic N) is 1. The Bertz CT molecular complexity index is 1290. The zero-order chi connectivity index (χ0) is 28.9. The van der Waals surface area contributed by atoms with Crippen LogP contribution in [0.3, 0.4) is 0 Å². The van der Waals surface area contributed by atoms with E-state index in [0.717, 1.165) is 11.1 Å². The van der Waals surface area contributed by atoms with Gasteiger partial charge in [0.25, 0.3) is 5.91 Å². The molecule has 9 nitrogen and oxygen atoms in total. The van der Waals surface area contributed by atoms with Gasteiger partial charge in [0.2, 0.25) is 5.91 Å². The number of rotatable bonds is 13. The van der Waals surface area contributed by atoms with E-state index >= 15 is 0 Å². The number of benzene rings is 3. The average molecular weight is 559 g/mol. The molecule has 0 aliphatic carbocycles. The van der Waals surface area contributed by atoms with Gasteiger partial charge in [-0.1, -0.05) is 78.9 Å². The van der Waals surface area contributed by atoms with E-state index in [4.69, 9.17) is 14.2 Å². The molecule has 214 valence electrons. The monoisotopic (exact) mass is 558 g/mol. The molecule has 0 unspecified atom stereocenters. The van der Waals surface area contributed by atoms with Gasteiger partial charge in [-0.05, 0) is 42.5 Å². The van der Waals surface area contributed by atoms with Crippen LogP contribution >= 0.6 is 0 Å². The summed E-state index contributed by atoms with van der Waals surface area (Å²) in [5.41, 5.74) is 1.63. The van der Waals surface area contributed by atoms with Crippen molar-refractivity contribution in [2.24, 2.45) is 0 Å². The number of carbonyl (C=O) groups excluding carboxylic acids is 4. The Morgan fingerprint density at radius 1 is 0.805 bits per heavy atom. The number of hydrogen-bond donors (Lipinski definition) is 1. The topological polar surface area (TPSA) is 111 Å². The summed E-state index contributed by atoms with van der Waals surface area (Å²) in [6, 6.07) is 25.5. The molecule has 1 saturated heterocycles. The van der Waals surface area contributed by atoms with Crippen LogP contribution in [0.1, 0.15) is 36.8 Å². The maximum absolute atomic E-state index is 13.3. The van der Waals surface area contributed by atoms with Gasteiger partial charge in [0.15, 0.2) is 6.61 Å². The number of amides is 2. The minimum absolute atomic E-state index is 0.00916. The normalized spacial score (nSPS) is 15.0. The fourth-order valence-corrected chi connectivity index (χ4v) is 4.50. The third kappa shape index (κ3) is 9.20. The van der Waals surface area contributed by atoms with Crippen molar-refractivity contribution in [3.05, 3.63) is 102 Å². The fourth-order valence-electron chi connectivity index (χ4n) is 4.50. The van der Waals surface area contributed by atoms with Crippen LogP contribution < -0.4 is 10.1 Å². The van der Waals surface area contributed by atoms with Crippen molar-refractivity contribution in [3.8, 4) is 5.75 Å². The van der Waals surface area contributed by atoms with Crippen LogP contribution in [0.4, 0.5) is 0 Å². The number of ether oxygens (including phenoxy) is 3. The Balaban J connectivity index is 1.35. The van der Waals surface area contributed by atoms with Gasteiger partial charge in [0, 0.05) is 13.0 Å². The summed E-state index contributed by atoms with van der Waals surface area (Å²) in [7, 11) is 0. The van der Waals surface area contributed by atoms with E-state index in [1.165, 1.54) is 4.90 Å². The molecule has 41 heavy (non-hydrogen) atoms. The first-order valence-electron chi connectivity index (χ1n) is 13.7. The lowest BCUT2D eigenvalue weighted by molar-refractivity contribution is -0.151. The minimum Gasteiger partial charge on any atom is -0.484 e. The van der Waals surface area contributed by atoms with E-state index in [9.17, 15) is 19.2 Å². The molecule has 1 aliphatic rings. The number of carbonyl (C=O) groups is 4. The lowest BCUT2D eigenvalue weighted by Gasteiger charge is -2.26. The van der Waals surface area contributed by atoms with Gasteiger partial charge in [-0.3, -0.25) is 14.4 Å². The van der Waals surface area contributed by atoms with Gasteiger partial charge in [-0.15, -0.1) is 0 Å². The van der Waals surface area contributed by atoms with Gasteiger partial charge < -0.3 is 24.4 Å². The van der Waals surface area contributed by atoms with E-state index in [1.807, 2.05) is 66.7 Å². The van der Waals surface area contributed by atoms with Gasteiger partial charge in [-0.25, -0.2) is 4.79 Å². The third-order valence-corrected chi connectivity index (χ3v) is 6.69. The summed E-state index contributed by atoms with van der Waals surface area (Å²) < 4.78 is 16.4. The summed E-state index contributed by atoms with van der Waals surface area (Å²) in [6.45, 7) is 0.336. The van der Waals surface area contributed by atoms with Crippen molar-refractivity contribution in [1.82, 2.24) is 10.2 Å². The van der Waals surface area contributed by atoms with Crippen molar-refractivity contribution >= 4 is 23.8 Å². The Morgan fingerprint density at radius 3 is 2.02 bits per heavy atom. The molecule has 4 rings (SSSR count). The standard InChI is InChI=1S/C32H34N2O7/c35-29(23-39-26-15-8-3-9-16-26)34-20-10-17-28(34)31(37)33-27(32(38)41-22-25-13-6-2-7-14-25)18-19-30(36)40-21-24-11-4-1-5-12-24/h1-9,11-16,27-28H,10,17-23H2,(H,33,37)/t27-,28+/m1/s1. The molecule has 3 aromatic carbocycles. The minimum atomic E-state index is -1.09. The largest absolute Gasteiger partial charge is 0.484 e. The van der Waals surface area contributed by atoms with E-state index in [2.05, 4.69) is 5.32 Å². The quantitative estimate of drug-likeness (QED) is 0.318. The lowest BCUT2D eigenvalue weighted by atomic mass is 10.1. The zero-order valence-electron chi connectivity index (χ0n) is 22.8. The first kappa shape index (κ1) is 29.3. The van der Waals surface area contributed by atoms with Crippen molar-refractivity contribution in [2.45, 2.75) is 51.0 Å². The number of likely N-dealkylation sites (tertiary alicyclic amines) is 1. The van der Waals surface area contributed by atoms with Crippen molar-refractivity contribution in [1.29, 1.82) is 0 Å². The number of hydrogen-bond acceptors (Lipinski definition) is 7. The predicted molar refractivity (Wildman–Crippen MR) is 150 cm³/mol. The van der Waals surface area contributed by atoms with Crippen LogP contribution in [0, 0.1) is 0 Å². The Morgan fingerprint density at radius 2 is 1.39 bits per heavy atom. The molecule has 1 heterocycles. The molecule has 3 aromatic rings. The molecule has 2 amide bonds. The van der Waals surface area contributed by atoms with Crippen LogP contribution in [0.5, 0.6) is 5.75 Å². The van der Waals surface area contributed by atoms with Crippen LogP contribution in [0.25, 0.3) is 0 Å². The molecular formula is C32H34N2O7. The summed E-state index contributed by atoms with van der Waals surface area (Å²) in [5.74, 6) is -1.41. The molecule has 0 spiro atoms. The molecular weight excluding hydrogens is 524 g/mol. The van der Waals surface area contributed by atoms with E-state index in [-0.39, 0.29) is 38.6 Å². The summed E-state index contributed by atoms with van der Waals surface area (Å²) in [4.78, 5) is 53.1. The second-order valence-electron chi connectivity index (χ2n) is 9.69. The highest BCUT2D eigenvalue weighted by Gasteiger charge is 2.36. The molecule has 2 atom stereocenters. The van der Waals surface area contributed by atoms with Crippen molar-refractivity contribution in [3.63, 3.8) is 0 Å². The van der Waals surface area contributed by atoms with Crippen LogP contribution in [0.15, 0.2) is 91.0 Å². The molecule has 1 fully saturated rings. The van der Waals surface area contributed by atoms with E-state index in [1.54, 1.807) is 24.3 Å². The first-order valence-corrected chi connectivity index (χ1v) is 13.7. The Hall–Kier alpha value is -4.66. The zero-order valence-corrected chi connectivity index (χ0v) is 22.8. The SMILES string of the molecule is O=C(CC[C@@H](NC(=O)[C@@H]1CCCN1C(=O)COc1ccccc1)C(=O)OCc1ccccc1)OCc1ccccc1. The van der Waals surface area contributed by atoms with Crippen LogP contribution in [-0.2, 0) is 41.9 Å². The molecule has 1 aliphatic heterocycles. The summed E-state index contributed by atoms with van der Waals surface area (Å²) in [5, 5.41) is 2.73. The molecule has 0 saturated carbocycles. The molecule has 1 N–H and O–H groups in total. The maximum atomic E-state index is 13.3. The average Bonchev–Trinajstić information content (AvgIpc) is 3.52. The molecule has 0 aromatic heterocycles. The maximum Gasteiger partial charge on any atom is 0.328 e. The molecule has 9 heteroatoms. The number of nitrogens with one attached hydrogen (secondary N) is 1. The molecule has 0 bridgehead atoms. The van der Waals surface area contributed by atoms with E-state index < -0.39 is 29.9 Å². The number of para-hydroxylation sites is 1. The van der Waals surface area contributed by atoms with Crippen molar-refractivity contribution in [2.75, 3.05) is 13.2 Å². The van der Waals surface area contributed by atoms with Gasteiger partial charge in [-0.2, -0.15) is 0 Å². The fraction of sp³-hybridized carbons (Fsp3) is 0.312. The molecule has 0 radical (unpaired) electrons. The van der Waals surface area contributed by atoms with Crippen molar-refractivity contribution < 1.29 is 33.4 Å². The highest BCUT2D eigenvalue weighted by Crippen LogP contribution is 2.19. The van der Waals surface area contributed by atoms with Crippen LogP contribution in [0.2, 0.25) is 0 Å². The number of esters is 2. The Labute approximate surface area is 239 Å². The highest BCUT2D eigenvalue weighted by molar-refractivity contribution is 5.91. The van der Waals surface area contributed by atoms with Gasteiger partial charge >= 0.3 is 11.9 Å². The summed E-state index contributed by atoms with van der Waals surface area (Å²) >= 11 is 0. The predicted octanol–water partition coefficient (Wildman–Crippen LogP) is 3.81. The second-order valence-corrected chi connectivity index (χ2v) is 9.69. The first-order chi connectivity index (χ1) is 20.0. The highest BCUT2D eigenvalue weighted by atomic mass is 16.5. The smallest absolute Gasteiger partial charge is 0.328 e. The van der Waals surface area contributed by atoms with Gasteiger partial charge in [0.05, 0.1) is 0 Å². The lowest BCUT2D eigenvalue weighted by Crippen LogP contribution is -2.52. The second kappa shape index (κ2) is 15.2. The van der Waals surface area contributed by atoms with Crippen LogP contribution in [-0.4, -0.2) is 53.9 Å². The summed E-state index contributed by atoms with van der Waals surface area (Å²) in [6.07, 6.45) is 0.985. The van der Waals surface area contributed by atoms with E-state index in [0.29, 0.717) is 25.1 Å². The Kier molecular flexibility index (Phi) is 10.9. The third-order valence-electron chi connectivity index (χ3n) is 6.69. The van der Waals surface area contributed by atoms with Gasteiger partial charge in [0.1, 0.15) is 31.0 Å².